The summed E-state index contributed by atoms with van der Waals surface area (Å²) in [4.78, 5) is 0. The molecule has 1 saturated carbocycles. The van der Waals surface area contributed by atoms with E-state index >= 15 is 0 Å². The molecule has 110 valence electrons. The molecule has 1 aliphatic carbocycles. The number of rotatable bonds is 6. The third-order valence-corrected chi connectivity index (χ3v) is 3.77. The van der Waals surface area contributed by atoms with Gasteiger partial charge in [0.25, 0.3) is 0 Å². The fraction of sp³-hybridized carbons (Fsp3) is 0.333. The maximum atomic E-state index is 14.2. The maximum absolute atomic E-state index is 14.2. The van der Waals surface area contributed by atoms with E-state index in [0.717, 1.165) is 23.3 Å². The van der Waals surface area contributed by atoms with Gasteiger partial charge < -0.3 is 10.1 Å². The lowest BCUT2D eigenvalue weighted by Crippen LogP contribution is -2.16. The Morgan fingerprint density at radius 1 is 1.10 bits per heavy atom. The van der Waals surface area contributed by atoms with E-state index in [4.69, 9.17) is 4.74 Å². The van der Waals surface area contributed by atoms with E-state index < -0.39 is 0 Å². The van der Waals surface area contributed by atoms with Crippen LogP contribution in [-0.4, -0.2) is 6.04 Å². The zero-order chi connectivity index (χ0) is 14.7. The average molecular weight is 285 g/mol. The van der Waals surface area contributed by atoms with Gasteiger partial charge in [-0.25, -0.2) is 4.39 Å². The number of nitrogens with one attached hydrogen (secondary N) is 1. The van der Waals surface area contributed by atoms with Crippen molar-refractivity contribution >= 4 is 0 Å². The van der Waals surface area contributed by atoms with Gasteiger partial charge in [-0.15, -0.1) is 0 Å². The Balaban J connectivity index is 1.85. The molecule has 21 heavy (non-hydrogen) atoms. The first-order valence-electron chi connectivity index (χ1n) is 7.54. The molecule has 0 amide bonds. The second-order valence-corrected chi connectivity index (χ2v) is 5.45. The van der Waals surface area contributed by atoms with Crippen molar-refractivity contribution in [3.8, 4) is 11.5 Å². The van der Waals surface area contributed by atoms with Crippen LogP contribution in [0, 0.1) is 5.82 Å². The van der Waals surface area contributed by atoms with E-state index in [1.807, 2.05) is 30.3 Å². The fourth-order valence-electron chi connectivity index (χ4n) is 2.35. The highest BCUT2D eigenvalue weighted by Crippen LogP contribution is 2.31. The van der Waals surface area contributed by atoms with Gasteiger partial charge in [0, 0.05) is 18.2 Å². The summed E-state index contributed by atoms with van der Waals surface area (Å²) in [5.41, 5.74) is 1.95. The molecule has 1 aliphatic rings. The largest absolute Gasteiger partial charge is 0.454 e. The predicted octanol–water partition coefficient (Wildman–Crippen LogP) is 4.43. The van der Waals surface area contributed by atoms with Gasteiger partial charge >= 0.3 is 0 Å². The molecule has 0 saturated heterocycles. The monoisotopic (exact) mass is 285 g/mol. The average Bonchev–Trinajstić information content (AvgIpc) is 3.32. The van der Waals surface area contributed by atoms with Crippen molar-refractivity contribution in [3.63, 3.8) is 0 Å². The van der Waals surface area contributed by atoms with Crippen molar-refractivity contribution in [2.75, 3.05) is 0 Å². The summed E-state index contributed by atoms with van der Waals surface area (Å²) in [6, 6.07) is 13.5. The summed E-state index contributed by atoms with van der Waals surface area (Å²) in [7, 11) is 0. The standard InChI is InChI=1S/C18H20FNO/c1-2-13-6-3-4-9-17(13)21-18-14(7-5-8-16(18)19)12-20-15-10-11-15/h3-9,15,20H,2,10-12H2,1H3. The van der Waals surface area contributed by atoms with Crippen LogP contribution in [0.1, 0.15) is 30.9 Å². The number of aryl methyl sites for hydroxylation is 1. The molecule has 0 radical (unpaired) electrons. The van der Waals surface area contributed by atoms with E-state index in [2.05, 4.69) is 12.2 Å². The number of para-hydroxylation sites is 2. The Hall–Kier alpha value is -1.87. The van der Waals surface area contributed by atoms with Gasteiger partial charge in [0.05, 0.1) is 0 Å². The molecule has 0 atom stereocenters. The third-order valence-electron chi connectivity index (χ3n) is 3.77. The molecule has 0 heterocycles. The summed E-state index contributed by atoms with van der Waals surface area (Å²) in [6.07, 6.45) is 3.29. The third kappa shape index (κ3) is 3.42. The van der Waals surface area contributed by atoms with Gasteiger partial charge in [0.15, 0.2) is 11.6 Å². The molecule has 2 nitrogen and oxygen atoms in total. The van der Waals surface area contributed by atoms with Gasteiger partial charge in [-0.1, -0.05) is 37.3 Å². The maximum Gasteiger partial charge on any atom is 0.167 e. The molecule has 3 rings (SSSR count). The molecule has 2 aromatic rings. The quantitative estimate of drug-likeness (QED) is 0.847. The second kappa shape index (κ2) is 6.27. The van der Waals surface area contributed by atoms with Gasteiger partial charge in [-0.2, -0.15) is 0 Å². The van der Waals surface area contributed by atoms with E-state index in [9.17, 15) is 4.39 Å². The topological polar surface area (TPSA) is 21.3 Å². The van der Waals surface area contributed by atoms with Gasteiger partial charge in [0.1, 0.15) is 5.75 Å². The fourth-order valence-corrected chi connectivity index (χ4v) is 2.35. The first-order valence-corrected chi connectivity index (χ1v) is 7.54. The van der Waals surface area contributed by atoms with Gasteiger partial charge in [-0.05, 0) is 37.0 Å². The van der Waals surface area contributed by atoms with E-state index in [1.165, 1.54) is 18.9 Å². The summed E-state index contributed by atoms with van der Waals surface area (Å²) < 4.78 is 20.1. The van der Waals surface area contributed by atoms with Gasteiger partial charge in [0.2, 0.25) is 0 Å². The molecule has 0 aliphatic heterocycles. The van der Waals surface area contributed by atoms with Crippen molar-refractivity contribution in [3.05, 3.63) is 59.4 Å². The molecule has 1 N–H and O–H groups in total. The van der Waals surface area contributed by atoms with Crippen LogP contribution < -0.4 is 10.1 Å². The lowest BCUT2D eigenvalue weighted by atomic mass is 10.1. The lowest BCUT2D eigenvalue weighted by Gasteiger charge is -2.14. The molecule has 0 bridgehead atoms. The van der Waals surface area contributed by atoms with Crippen molar-refractivity contribution in [2.45, 2.75) is 38.8 Å². The van der Waals surface area contributed by atoms with E-state index in [-0.39, 0.29) is 5.82 Å². The zero-order valence-corrected chi connectivity index (χ0v) is 12.2. The summed E-state index contributed by atoms with van der Waals surface area (Å²) >= 11 is 0. The Morgan fingerprint density at radius 3 is 2.62 bits per heavy atom. The number of hydrogen-bond acceptors (Lipinski definition) is 2. The predicted molar refractivity (Wildman–Crippen MR) is 82.2 cm³/mol. The first kappa shape index (κ1) is 14.1. The Labute approximate surface area is 125 Å². The lowest BCUT2D eigenvalue weighted by molar-refractivity contribution is 0.429. The van der Waals surface area contributed by atoms with Crippen molar-refractivity contribution in [2.24, 2.45) is 0 Å². The number of ether oxygens (including phenoxy) is 1. The van der Waals surface area contributed by atoms with Crippen LogP contribution in [0.2, 0.25) is 0 Å². The normalized spacial score (nSPS) is 14.2. The van der Waals surface area contributed by atoms with E-state index in [0.29, 0.717) is 18.3 Å². The highest BCUT2D eigenvalue weighted by atomic mass is 19.1. The van der Waals surface area contributed by atoms with Crippen molar-refractivity contribution < 1.29 is 9.13 Å². The first-order chi connectivity index (χ1) is 10.3. The molecular formula is C18H20FNO. The summed E-state index contributed by atoms with van der Waals surface area (Å²) in [5, 5.41) is 3.41. The number of halogens is 1. The Morgan fingerprint density at radius 2 is 1.86 bits per heavy atom. The molecule has 2 aromatic carbocycles. The second-order valence-electron chi connectivity index (χ2n) is 5.45. The van der Waals surface area contributed by atoms with Crippen LogP contribution in [0.25, 0.3) is 0 Å². The van der Waals surface area contributed by atoms with Gasteiger partial charge in [-0.3, -0.25) is 0 Å². The zero-order valence-electron chi connectivity index (χ0n) is 12.2. The molecular weight excluding hydrogens is 265 g/mol. The highest BCUT2D eigenvalue weighted by Gasteiger charge is 2.21. The highest BCUT2D eigenvalue weighted by molar-refractivity contribution is 5.42. The van der Waals surface area contributed by atoms with Crippen LogP contribution in [-0.2, 0) is 13.0 Å². The summed E-state index contributed by atoms with van der Waals surface area (Å²) in [6.45, 7) is 2.71. The summed E-state index contributed by atoms with van der Waals surface area (Å²) in [5.74, 6) is 0.764. The number of benzene rings is 2. The van der Waals surface area contributed by atoms with Crippen LogP contribution in [0.4, 0.5) is 4.39 Å². The Bertz CT molecular complexity index is 622. The van der Waals surface area contributed by atoms with E-state index in [1.54, 1.807) is 6.07 Å². The molecule has 0 spiro atoms. The van der Waals surface area contributed by atoms with Crippen LogP contribution in [0.3, 0.4) is 0 Å². The smallest absolute Gasteiger partial charge is 0.167 e. The molecule has 0 aromatic heterocycles. The minimum atomic E-state index is -0.309. The minimum Gasteiger partial charge on any atom is -0.454 e. The molecule has 1 fully saturated rings. The van der Waals surface area contributed by atoms with Crippen LogP contribution >= 0.6 is 0 Å². The van der Waals surface area contributed by atoms with Crippen molar-refractivity contribution in [1.82, 2.24) is 5.32 Å². The van der Waals surface area contributed by atoms with Crippen molar-refractivity contribution in [1.29, 1.82) is 0 Å². The molecule has 0 unspecified atom stereocenters. The van der Waals surface area contributed by atoms with Crippen LogP contribution in [0.5, 0.6) is 11.5 Å². The Kier molecular flexibility index (Phi) is 4.20. The minimum absolute atomic E-state index is 0.309. The number of hydrogen-bond donors (Lipinski definition) is 1. The van der Waals surface area contributed by atoms with Crippen LogP contribution in [0.15, 0.2) is 42.5 Å². The molecule has 3 heteroatoms. The SMILES string of the molecule is CCc1ccccc1Oc1c(F)cccc1CNC1CC1.